The zero-order valence-electron chi connectivity index (χ0n) is 24.3. The number of rotatable bonds is 1. The molecule has 2 heteroatoms. The second kappa shape index (κ2) is 8.19. The Morgan fingerprint density at radius 3 is 1.78 bits per heavy atom. The minimum Gasteiger partial charge on any atom is -0.456 e. The molecule has 0 saturated heterocycles. The molecule has 208 valence electrons. The van der Waals surface area contributed by atoms with Gasteiger partial charge >= 0.3 is 0 Å². The Bertz CT molecular complexity index is 2670. The quantitative estimate of drug-likeness (QED) is 0.192. The van der Waals surface area contributed by atoms with E-state index in [1.807, 2.05) is 0 Å². The lowest BCUT2D eigenvalue weighted by atomic mass is 9.70. The topological polar surface area (TPSA) is 18.1 Å². The van der Waals surface area contributed by atoms with Crippen molar-refractivity contribution in [2.75, 3.05) is 0 Å². The Kier molecular flexibility index (Phi) is 4.29. The molecule has 0 aliphatic heterocycles. The molecule has 0 fully saturated rings. The highest BCUT2D eigenvalue weighted by atomic mass is 16.3. The predicted octanol–water partition coefficient (Wildman–Crippen LogP) is 11.0. The molecule has 1 unspecified atom stereocenters. The Morgan fingerprint density at radius 1 is 0.400 bits per heavy atom. The first-order valence-electron chi connectivity index (χ1n) is 15.6. The number of nitrogens with zero attached hydrogens (tertiary/aromatic N) is 1. The second-order valence-corrected chi connectivity index (χ2v) is 12.4. The molecule has 0 saturated carbocycles. The summed E-state index contributed by atoms with van der Waals surface area (Å²) in [6, 6.07) is 55.7. The summed E-state index contributed by atoms with van der Waals surface area (Å²) in [5.41, 5.74) is 15.5. The van der Waals surface area contributed by atoms with E-state index in [9.17, 15) is 0 Å². The van der Waals surface area contributed by atoms with E-state index in [2.05, 4.69) is 156 Å². The lowest BCUT2D eigenvalue weighted by Crippen LogP contribution is -2.25. The number of hydrogen-bond donors (Lipinski definition) is 0. The van der Waals surface area contributed by atoms with E-state index in [0.29, 0.717) is 0 Å². The van der Waals surface area contributed by atoms with Crippen molar-refractivity contribution in [3.63, 3.8) is 0 Å². The molecular formula is C43H25NO. The maximum Gasteiger partial charge on any atom is 0.135 e. The van der Waals surface area contributed by atoms with Gasteiger partial charge in [-0.15, -0.1) is 0 Å². The number of fused-ring (bicyclic) bond motifs is 16. The maximum absolute atomic E-state index is 6.53. The van der Waals surface area contributed by atoms with Crippen LogP contribution in [-0.4, -0.2) is 4.57 Å². The largest absolute Gasteiger partial charge is 0.456 e. The van der Waals surface area contributed by atoms with Crippen molar-refractivity contribution in [3.05, 3.63) is 174 Å². The summed E-state index contributed by atoms with van der Waals surface area (Å²) in [5, 5.41) is 4.88. The SMILES string of the molecule is c1ccc2c(c1)-c1cc3c(cc1C21c2ccccc2-c2c(-n4c5ccccc5c5ccccc54)cccc21)oc1ccccc13. The molecule has 2 aliphatic rings. The van der Waals surface area contributed by atoms with Gasteiger partial charge in [-0.25, -0.2) is 0 Å². The van der Waals surface area contributed by atoms with Crippen LogP contribution in [0, 0.1) is 0 Å². The summed E-state index contributed by atoms with van der Waals surface area (Å²) >= 11 is 0. The first kappa shape index (κ1) is 23.6. The van der Waals surface area contributed by atoms with Crippen LogP contribution >= 0.6 is 0 Å². The van der Waals surface area contributed by atoms with Crippen LogP contribution in [0.25, 0.3) is 71.7 Å². The van der Waals surface area contributed by atoms with Crippen molar-refractivity contribution < 1.29 is 4.42 Å². The molecule has 9 aromatic rings. The van der Waals surface area contributed by atoms with Crippen molar-refractivity contribution in [1.82, 2.24) is 4.57 Å². The molecule has 2 nitrogen and oxygen atoms in total. The highest BCUT2D eigenvalue weighted by Gasteiger charge is 2.52. The normalized spacial score (nSPS) is 16.1. The van der Waals surface area contributed by atoms with E-state index in [1.54, 1.807) is 0 Å². The van der Waals surface area contributed by atoms with Gasteiger partial charge in [0.25, 0.3) is 0 Å². The summed E-state index contributed by atoms with van der Waals surface area (Å²) in [4.78, 5) is 0. The summed E-state index contributed by atoms with van der Waals surface area (Å²) in [5.74, 6) is 0. The Labute approximate surface area is 259 Å². The van der Waals surface area contributed by atoms with E-state index >= 15 is 0 Å². The Morgan fingerprint density at radius 2 is 1.00 bits per heavy atom. The molecule has 45 heavy (non-hydrogen) atoms. The van der Waals surface area contributed by atoms with Gasteiger partial charge in [-0.05, 0) is 75.3 Å². The number of hydrogen-bond acceptors (Lipinski definition) is 1. The van der Waals surface area contributed by atoms with E-state index in [1.165, 1.54) is 77.4 Å². The Balaban J connectivity index is 1.31. The van der Waals surface area contributed by atoms with Gasteiger partial charge in [0.2, 0.25) is 0 Å². The van der Waals surface area contributed by atoms with E-state index in [4.69, 9.17) is 4.42 Å². The third-order valence-electron chi connectivity index (χ3n) is 10.4. The lowest BCUT2D eigenvalue weighted by Gasteiger charge is -2.30. The van der Waals surface area contributed by atoms with Crippen LogP contribution in [0.1, 0.15) is 22.3 Å². The average molecular weight is 572 g/mol. The van der Waals surface area contributed by atoms with Gasteiger partial charge in [-0.2, -0.15) is 0 Å². The van der Waals surface area contributed by atoms with Gasteiger partial charge in [0.05, 0.1) is 22.1 Å². The molecule has 0 amide bonds. The van der Waals surface area contributed by atoms with Crippen molar-refractivity contribution in [2.45, 2.75) is 5.41 Å². The predicted molar refractivity (Wildman–Crippen MR) is 184 cm³/mol. The molecule has 1 atom stereocenters. The number of furan rings is 1. The summed E-state index contributed by atoms with van der Waals surface area (Å²) < 4.78 is 9.01. The van der Waals surface area contributed by atoms with Crippen molar-refractivity contribution in [3.8, 4) is 27.9 Å². The second-order valence-electron chi connectivity index (χ2n) is 12.4. The van der Waals surface area contributed by atoms with Crippen LogP contribution in [0.5, 0.6) is 0 Å². The van der Waals surface area contributed by atoms with E-state index in [0.717, 1.165) is 16.6 Å². The van der Waals surface area contributed by atoms with Crippen molar-refractivity contribution in [2.24, 2.45) is 0 Å². The number of para-hydroxylation sites is 3. The molecule has 2 heterocycles. The first-order chi connectivity index (χ1) is 22.3. The molecule has 11 rings (SSSR count). The number of benzene rings is 7. The molecular weight excluding hydrogens is 546 g/mol. The van der Waals surface area contributed by atoms with Crippen LogP contribution in [-0.2, 0) is 5.41 Å². The van der Waals surface area contributed by atoms with Crippen LogP contribution in [0.15, 0.2) is 156 Å². The van der Waals surface area contributed by atoms with Crippen LogP contribution in [0.2, 0.25) is 0 Å². The lowest BCUT2D eigenvalue weighted by molar-refractivity contribution is 0.666. The molecule has 0 bridgehead atoms. The fourth-order valence-electron chi connectivity index (χ4n) is 8.75. The van der Waals surface area contributed by atoms with Gasteiger partial charge in [-0.3, -0.25) is 0 Å². The fraction of sp³-hybridized carbons (Fsp3) is 0.0233. The van der Waals surface area contributed by atoms with E-state index < -0.39 is 5.41 Å². The monoisotopic (exact) mass is 571 g/mol. The summed E-state index contributed by atoms with van der Waals surface area (Å²) in [6.07, 6.45) is 0. The van der Waals surface area contributed by atoms with Crippen molar-refractivity contribution >= 4 is 43.7 Å². The van der Waals surface area contributed by atoms with Crippen LogP contribution in [0.3, 0.4) is 0 Å². The molecule has 2 aliphatic carbocycles. The van der Waals surface area contributed by atoms with Gasteiger partial charge < -0.3 is 8.98 Å². The van der Waals surface area contributed by atoms with Crippen molar-refractivity contribution in [1.29, 1.82) is 0 Å². The minimum absolute atomic E-state index is 0.459. The molecule has 7 aromatic carbocycles. The van der Waals surface area contributed by atoms with Gasteiger partial charge in [0.15, 0.2) is 0 Å². The van der Waals surface area contributed by atoms with Crippen LogP contribution < -0.4 is 0 Å². The molecule has 1 spiro atoms. The zero-order chi connectivity index (χ0) is 29.3. The van der Waals surface area contributed by atoms with Gasteiger partial charge in [-0.1, -0.05) is 115 Å². The Hall–Kier alpha value is -5.86. The molecule has 0 N–H and O–H groups in total. The van der Waals surface area contributed by atoms with Crippen LogP contribution in [0.4, 0.5) is 0 Å². The highest BCUT2D eigenvalue weighted by Crippen LogP contribution is 2.64. The summed E-state index contributed by atoms with van der Waals surface area (Å²) in [7, 11) is 0. The minimum atomic E-state index is -0.459. The zero-order valence-corrected chi connectivity index (χ0v) is 24.3. The maximum atomic E-state index is 6.53. The molecule has 0 radical (unpaired) electrons. The number of aromatic nitrogens is 1. The molecule has 2 aromatic heterocycles. The smallest absolute Gasteiger partial charge is 0.135 e. The third-order valence-corrected chi connectivity index (χ3v) is 10.4. The average Bonchev–Trinajstić information content (AvgIpc) is 3.81. The summed E-state index contributed by atoms with van der Waals surface area (Å²) in [6.45, 7) is 0. The fourth-order valence-corrected chi connectivity index (χ4v) is 8.75. The van der Waals surface area contributed by atoms with E-state index in [-0.39, 0.29) is 0 Å². The van der Waals surface area contributed by atoms with Gasteiger partial charge in [0.1, 0.15) is 11.2 Å². The third kappa shape index (κ3) is 2.73. The first-order valence-corrected chi connectivity index (χ1v) is 15.6. The highest BCUT2D eigenvalue weighted by molar-refractivity contribution is 6.11. The standard InChI is InChI=1S/C43H25NO/c1-6-17-33-26(12-1)31-24-32-29-15-5-10-23-40(29)45-41(32)25-36(31)43(33)34-18-7-2-16-30(34)42-35(43)19-11-22-39(42)44-37-20-8-3-13-27(37)28-14-4-9-21-38(28)44/h1-25H. The van der Waals surface area contributed by atoms with Gasteiger partial charge in [0, 0.05) is 27.1 Å².